The summed E-state index contributed by atoms with van der Waals surface area (Å²) in [5.41, 5.74) is 0.762. The van der Waals surface area contributed by atoms with E-state index in [0.29, 0.717) is 0 Å². The first kappa shape index (κ1) is 19.6. The summed E-state index contributed by atoms with van der Waals surface area (Å²) in [6, 6.07) is -0.520. The first-order valence-electron chi connectivity index (χ1n) is 8.98. The quantitative estimate of drug-likeness (QED) is 0.525. The summed E-state index contributed by atoms with van der Waals surface area (Å²) in [6.07, 6.45) is 8.49. The lowest BCUT2D eigenvalue weighted by Crippen LogP contribution is -2.42. The lowest BCUT2D eigenvalue weighted by atomic mass is 9.85. The number of imide groups is 1. The number of hydrogen-bond acceptors (Lipinski definition) is 5. The van der Waals surface area contributed by atoms with Crippen LogP contribution in [0.15, 0.2) is 24.5 Å². The van der Waals surface area contributed by atoms with E-state index in [1.807, 2.05) is 0 Å². The molecule has 1 aliphatic heterocycles. The first-order chi connectivity index (χ1) is 12.5. The molecule has 1 aromatic rings. The molecule has 2 heterocycles. The van der Waals surface area contributed by atoms with E-state index in [4.69, 9.17) is 0 Å². The number of aryl methyl sites for hydroxylation is 1. The average Bonchev–Trinajstić information content (AvgIpc) is 3.37. The van der Waals surface area contributed by atoms with Crippen molar-refractivity contribution in [2.75, 3.05) is 20.1 Å². The first-order valence-corrected chi connectivity index (χ1v) is 8.98. The summed E-state index contributed by atoms with van der Waals surface area (Å²) in [5, 5.41) is 9.85. The van der Waals surface area contributed by atoms with Crippen LogP contribution in [-0.2, 0) is 21.4 Å². The summed E-state index contributed by atoms with van der Waals surface area (Å²) in [5.74, 6) is -0.323. The van der Waals surface area contributed by atoms with Crippen LogP contribution in [0.25, 0.3) is 0 Å². The highest BCUT2D eigenvalue weighted by atomic mass is 35.5. The monoisotopic (exact) mass is 393 g/mol. The summed E-state index contributed by atoms with van der Waals surface area (Å²) in [4.78, 5) is 39.0. The molecule has 1 saturated heterocycles. The normalized spacial score (nSPS) is 29.0. The molecule has 4 rings (SSSR count). The molecule has 27 heavy (non-hydrogen) atoms. The summed E-state index contributed by atoms with van der Waals surface area (Å²) < 4.78 is 1.63. The van der Waals surface area contributed by atoms with Crippen LogP contribution in [-0.4, -0.2) is 52.5 Å². The highest BCUT2D eigenvalue weighted by molar-refractivity contribution is 6.06. The van der Waals surface area contributed by atoms with Gasteiger partial charge >= 0.3 is 0 Å². The number of amides is 3. The van der Waals surface area contributed by atoms with Crippen molar-refractivity contribution in [3.05, 3.63) is 30.1 Å². The molecular weight excluding hydrogens is 370 g/mol. The van der Waals surface area contributed by atoms with Crippen molar-refractivity contribution in [1.29, 1.82) is 0 Å². The minimum Gasteiger partial charge on any atom is -0.353 e. The zero-order valence-electron chi connectivity index (χ0n) is 15.3. The molecule has 5 unspecified atom stereocenters. The second-order valence-corrected chi connectivity index (χ2v) is 7.29. The molecule has 2 fully saturated rings. The summed E-state index contributed by atoms with van der Waals surface area (Å²) in [7, 11) is 3.49. The topological polar surface area (TPSA) is 96.3 Å². The average molecular weight is 394 g/mol. The van der Waals surface area contributed by atoms with Crippen LogP contribution in [0.2, 0.25) is 0 Å². The number of allylic oxidation sites excluding steroid dienone is 2. The van der Waals surface area contributed by atoms with E-state index in [2.05, 4.69) is 27.9 Å². The zero-order chi connectivity index (χ0) is 18.4. The van der Waals surface area contributed by atoms with Crippen LogP contribution in [0.1, 0.15) is 18.0 Å². The van der Waals surface area contributed by atoms with Gasteiger partial charge in [-0.2, -0.15) is 5.10 Å². The van der Waals surface area contributed by atoms with Crippen LogP contribution in [0.3, 0.4) is 0 Å². The Morgan fingerprint density at radius 2 is 1.89 bits per heavy atom. The van der Waals surface area contributed by atoms with Crippen LogP contribution in [0.4, 0.5) is 0 Å². The van der Waals surface area contributed by atoms with Crippen LogP contribution >= 0.6 is 12.4 Å². The maximum Gasteiger partial charge on any atom is 0.241 e. The summed E-state index contributed by atoms with van der Waals surface area (Å²) in [6.45, 7) is 0.469. The molecule has 1 saturated carbocycles. The molecular formula is C18H24ClN5O3. The van der Waals surface area contributed by atoms with Crippen LogP contribution in [0, 0.1) is 23.7 Å². The molecule has 5 atom stereocenters. The summed E-state index contributed by atoms with van der Waals surface area (Å²) >= 11 is 0. The van der Waals surface area contributed by atoms with Gasteiger partial charge in [-0.1, -0.05) is 12.2 Å². The Morgan fingerprint density at radius 1 is 1.26 bits per heavy atom. The fourth-order valence-corrected chi connectivity index (χ4v) is 4.62. The number of hydrogen-bond donors (Lipinski definition) is 2. The van der Waals surface area contributed by atoms with Gasteiger partial charge in [0.2, 0.25) is 17.7 Å². The van der Waals surface area contributed by atoms with Crippen molar-refractivity contribution in [3.63, 3.8) is 0 Å². The van der Waals surface area contributed by atoms with Gasteiger partial charge in [-0.3, -0.25) is 24.0 Å². The third-order valence-electron chi connectivity index (χ3n) is 5.81. The number of halogens is 1. The number of likely N-dealkylation sites (N-methyl/N-ethyl adjacent to an activating group) is 1. The molecule has 0 aromatic carbocycles. The van der Waals surface area contributed by atoms with Gasteiger partial charge in [-0.25, -0.2) is 0 Å². The third kappa shape index (κ3) is 3.17. The Bertz CT molecular complexity index is 762. The van der Waals surface area contributed by atoms with Gasteiger partial charge in [0.05, 0.1) is 18.0 Å². The number of carbonyl (C=O) groups is 3. The highest BCUT2D eigenvalue weighted by Crippen LogP contribution is 2.52. The molecule has 146 valence electrons. The predicted octanol–water partition coefficient (Wildman–Crippen LogP) is 0.0257. The Hall–Kier alpha value is -2.19. The Morgan fingerprint density at radius 3 is 2.41 bits per heavy atom. The zero-order valence-corrected chi connectivity index (χ0v) is 16.1. The molecule has 1 aromatic heterocycles. The molecule has 0 spiro atoms. The smallest absolute Gasteiger partial charge is 0.241 e. The number of aromatic nitrogens is 2. The molecule has 3 aliphatic rings. The number of likely N-dealkylation sites (tertiary alicyclic amines) is 1. The van der Waals surface area contributed by atoms with Crippen LogP contribution in [0.5, 0.6) is 0 Å². The molecule has 3 amide bonds. The number of rotatable bonds is 6. The van der Waals surface area contributed by atoms with Crippen molar-refractivity contribution in [1.82, 2.24) is 25.3 Å². The van der Waals surface area contributed by atoms with Gasteiger partial charge in [-0.05, 0) is 25.3 Å². The minimum atomic E-state index is -0.520. The van der Waals surface area contributed by atoms with Crippen molar-refractivity contribution in [2.24, 2.45) is 30.7 Å². The predicted molar refractivity (Wildman–Crippen MR) is 99.7 cm³/mol. The fourth-order valence-electron chi connectivity index (χ4n) is 4.62. The van der Waals surface area contributed by atoms with Gasteiger partial charge in [0.1, 0.15) is 6.04 Å². The lowest BCUT2D eigenvalue weighted by Gasteiger charge is -2.19. The van der Waals surface area contributed by atoms with Gasteiger partial charge in [0, 0.05) is 31.9 Å². The van der Waals surface area contributed by atoms with E-state index >= 15 is 0 Å². The van der Waals surface area contributed by atoms with Gasteiger partial charge in [-0.15, -0.1) is 12.4 Å². The van der Waals surface area contributed by atoms with E-state index in [1.54, 1.807) is 31.2 Å². The van der Waals surface area contributed by atoms with Gasteiger partial charge in [0.25, 0.3) is 0 Å². The standard InChI is InChI=1S/C18H23N5O3.ClH/c1-19-15(12-8-21-22(2)9-12)16(24)20-5-6-23-17(25)13-10-3-4-11(7-10)14(13)18(23)26;/h3-4,8-11,13-15,19H,5-7H2,1-2H3,(H,20,24);1H. The van der Waals surface area contributed by atoms with E-state index in [9.17, 15) is 14.4 Å². The Balaban J connectivity index is 0.00000210. The fraction of sp³-hybridized carbons (Fsp3) is 0.556. The molecule has 9 heteroatoms. The SMILES string of the molecule is CNC(C(=O)NCCN1C(=O)C2C3C=CC(C3)C2C1=O)c1cnn(C)c1.Cl. The molecule has 2 aliphatic carbocycles. The maximum atomic E-state index is 12.6. The molecule has 8 nitrogen and oxygen atoms in total. The largest absolute Gasteiger partial charge is 0.353 e. The maximum absolute atomic E-state index is 12.6. The van der Waals surface area contributed by atoms with E-state index in [1.165, 1.54) is 4.90 Å². The minimum absolute atomic E-state index is 0. The molecule has 2 N–H and O–H groups in total. The third-order valence-corrected chi connectivity index (χ3v) is 5.81. The van der Waals surface area contributed by atoms with Crippen molar-refractivity contribution >= 4 is 30.1 Å². The lowest BCUT2D eigenvalue weighted by molar-refractivity contribution is -0.141. The van der Waals surface area contributed by atoms with Gasteiger partial charge in [0.15, 0.2) is 0 Å². The van der Waals surface area contributed by atoms with E-state index < -0.39 is 6.04 Å². The van der Waals surface area contributed by atoms with E-state index in [0.717, 1.165) is 12.0 Å². The van der Waals surface area contributed by atoms with Crippen molar-refractivity contribution in [2.45, 2.75) is 12.5 Å². The van der Waals surface area contributed by atoms with Crippen molar-refractivity contribution < 1.29 is 14.4 Å². The number of nitrogens with one attached hydrogen (secondary N) is 2. The number of nitrogens with zero attached hydrogens (tertiary/aromatic N) is 3. The molecule has 2 bridgehead atoms. The van der Waals surface area contributed by atoms with Gasteiger partial charge < -0.3 is 10.6 Å². The Labute approximate surface area is 163 Å². The Kier molecular flexibility index (Phi) is 5.39. The number of fused-ring (bicyclic) bond motifs is 5. The highest BCUT2D eigenvalue weighted by Gasteiger charge is 2.58. The van der Waals surface area contributed by atoms with Crippen LogP contribution < -0.4 is 10.6 Å². The second kappa shape index (κ2) is 7.44. The second-order valence-electron chi connectivity index (χ2n) is 7.29. The number of carbonyl (C=O) groups excluding carboxylic acids is 3. The molecule has 0 radical (unpaired) electrons. The van der Waals surface area contributed by atoms with Crippen molar-refractivity contribution in [3.8, 4) is 0 Å². The van der Waals surface area contributed by atoms with E-state index in [-0.39, 0.29) is 66.9 Å².